The lowest BCUT2D eigenvalue weighted by atomic mass is 9.97. The molecule has 0 fully saturated rings. The van der Waals surface area contributed by atoms with Crippen LogP contribution in [0.4, 0.5) is 4.39 Å². The number of nitrogens with zero attached hydrogens (tertiary/aromatic N) is 2. The molecule has 0 bridgehead atoms. The Balaban J connectivity index is 1.42. The number of aryl methyl sites for hydroxylation is 1. The van der Waals surface area contributed by atoms with Gasteiger partial charge in [0.25, 0.3) is 0 Å². The predicted octanol–water partition coefficient (Wildman–Crippen LogP) is 11.0. The topological polar surface area (TPSA) is 46.0 Å². The fraction of sp³-hybridized carbons (Fsp3) is 0.0909. The number of thioether (sulfide) groups is 2. The van der Waals surface area contributed by atoms with Gasteiger partial charge in [-0.05, 0) is 67.8 Å². The second kappa shape index (κ2) is 10.4. The first-order chi connectivity index (χ1) is 19.9. The van der Waals surface area contributed by atoms with Crippen LogP contribution in [0, 0.1) is 12.7 Å². The van der Waals surface area contributed by atoms with E-state index in [1.165, 1.54) is 37.5 Å². The van der Waals surface area contributed by atoms with Gasteiger partial charge in [-0.3, -0.25) is 0 Å². The van der Waals surface area contributed by atoms with E-state index >= 15 is 4.39 Å². The summed E-state index contributed by atoms with van der Waals surface area (Å²) in [6.07, 6.45) is 0. The van der Waals surface area contributed by atoms with Crippen molar-refractivity contribution < 1.29 is 9.50 Å². The van der Waals surface area contributed by atoms with Crippen LogP contribution in [0.3, 0.4) is 0 Å². The first kappa shape index (κ1) is 26.5. The first-order valence-electron chi connectivity index (χ1n) is 13.0. The van der Waals surface area contributed by atoms with Gasteiger partial charge >= 0.3 is 0 Å². The maximum absolute atomic E-state index is 16.0. The van der Waals surface area contributed by atoms with Crippen LogP contribution >= 0.6 is 46.6 Å². The third-order valence-corrected chi connectivity index (χ3v) is 11.8. The summed E-state index contributed by atoms with van der Waals surface area (Å²) in [6, 6.07) is 25.1. The lowest BCUT2D eigenvalue weighted by Gasteiger charge is -2.14. The second-order valence-electron chi connectivity index (χ2n) is 10.1. The highest BCUT2D eigenvalue weighted by molar-refractivity contribution is 8.24. The molecule has 1 N–H and O–H groups in total. The van der Waals surface area contributed by atoms with Crippen LogP contribution < -0.4 is 0 Å². The zero-order chi connectivity index (χ0) is 28.2. The summed E-state index contributed by atoms with van der Waals surface area (Å²) in [6.45, 7) is 6.33. The summed E-state index contributed by atoms with van der Waals surface area (Å²) < 4.78 is 26.7. The number of phenolic OH excluding ortho intramolecular Hbond substituents is 1. The zero-order valence-corrected chi connectivity index (χ0v) is 25.6. The van der Waals surface area contributed by atoms with E-state index in [1.807, 2.05) is 12.1 Å². The number of aromatic hydroxyl groups is 1. The number of aromatic nitrogens is 2. The second-order valence-corrected chi connectivity index (χ2v) is 14.0. The fourth-order valence-corrected chi connectivity index (χ4v) is 9.33. The summed E-state index contributed by atoms with van der Waals surface area (Å²) in [4.78, 5) is 4.47. The number of hydrogen-bond acceptors (Lipinski definition) is 7. The van der Waals surface area contributed by atoms with Gasteiger partial charge in [0.1, 0.15) is 22.6 Å². The summed E-state index contributed by atoms with van der Waals surface area (Å²) in [5, 5.41) is 9.66. The van der Waals surface area contributed by atoms with E-state index in [0.29, 0.717) is 5.56 Å². The number of benzene rings is 4. The van der Waals surface area contributed by atoms with E-state index in [4.69, 9.17) is 8.75 Å². The lowest BCUT2D eigenvalue weighted by Crippen LogP contribution is -1.93. The molecule has 0 saturated heterocycles. The van der Waals surface area contributed by atoms with E-state index in [0.717, 1.165) is 48.0 Å². The molecule has 0 amide bonds. The maximum Gasteiger partial charge on any atom is 0.131 e. The average Bonchev–Trinajstić information content (AvgIpc) is 3.73. The molecule has 1 aliphatic heterocycles. The molecule has 0 aliphatic carbocycles. The molecule has 0 spiro atoms. The highest BCUT2D eigenvalue weighted by Crippen LogP contribution is 2.61. The third-order valence-electron chi connectivity index (χ3n) is 7.05. The Bertz CT molecular complexity index is 1990. The van der Waals surface area contributed by atoms with Crippen LogP contribution in [0.5, 0.6) is 5.75 Å². The summed E-state index contributed by atoms with van der Waals surface area (Å²) in [5.74, 6) is -0.130. The van der Waals surface area contributed by atoms with Gasteiger partial charge in [-0.1, -0.05) is 83.2 Å². The number of thiophene rings is 1. The minimum absolute atomic E-state index is 0.182. The number of phenols is 1. The number of rotatable bonds is 4. The Morgan fingerprint density at radius 3 is 2.00 bits per heavy atom. The van der Waals surface area contributed by atoms with Gasteiger partial charge in [-0.25, -0.2) is 4.39 Å². The van der Waals surface area contributed by atoms with Gasteiger partial charge in [-0.15, -0.1) is 11.3 Å². The average molecular weight is 611 g/mol. The minimum atomic E-state index is -0.311. The maximum atomic E-state index is 16.0. The van der Waals surface area contributed by atoms with Crippen LogP contribution in [0.2, 0.25) is 0 Å². The molecule has 0 unspecified atom stereocenters. The zero-order valence-electron chi connectivity index (χ0n) is 22.4. The molecular weight excluding hydrogens is 588 g/mol. The third kappa shape index (κ3) is 4.69. The Morgan fingerprint density at radius 1 is 0.707 bits per heavy atom. The van der Waals surface area contributed by atoms with Crippen molar-refractivity contribution in [1.82, 2.24) is 8.75 Å². The summed E-state index contributed by atoms with van der Waals surface area (Å²) >= 11 is 6.37. The molecule has 0 radical (unpaired) electrons. The molecule has 3 heterocycles. The fourth-order valence-electron chi connectivity index (χ4n) is 4.94. The SMILES string of the molecule is CC(C)=C1Sc2c(c(-c3ccc(-c4ccc(O)cc4)cc3F)c3nsnc3c2-c2ccc(-c3ccc(C)cc3)s2)S1. The van der Waals surface area contributed by atoms with Gasteiger partial charge in [0.2, 0.25) is 0 Å². The molecule has 202 valence electrons. The number of hydrogen-bond donors (Lipinski definition) is 1. The molecule has 0 atom stereocenters. The smallest absolute Gasteiger partial charge is 0.131 e. The first-order valence-corrected chi connectivity index (χ1v) is 16.2. The van der Waals surface area contributed by atoms with Crippen LogP contribution in [-0.2, 0) is 0 Å². The number of allylic oxidation sites excluding steroid dienone is 1. The van der Waals surface area contributed by atoms with Crippen molar-refractivity contribution in [2.75, 3.05) is 0 Å². The molecule has 8 heteroatoms. The number of halogens is 1. The van der Waals surface area contributed by atoms with Crippen LogP contribution in [0.25, 0.3) is 54.2 Å². The van der Waals surface area contributed by atoms with E-state index in [9.17, 15) is 5.11 Å². The van der Waals surface area contributed by atoms with E-state index in [2.05, 4.69) is 57.2 Å². The Kier molecular flexibility index (Phi) is 6.74. The van der Waals surface area contributed by atoms with Gasteiger partial charge in [0.05, 0.1) is 11.7 Å². The largest absolute Gasteiger partial charge is 0.508 e. The van der Waals surface area contributed by atoms with E-state index in [-0.39, 0.29) is 11.6 Å². The highest BCUT2D eigenvalue weighted by Gasteiger charge is 2.32. The Morgan fingerprint density at radius 2 is 1.32 bits per heavy atom. The van der Waals surface area contributed by atoms with Crippen molar-refractivity contribution in [3.8, 4) is 48.9 Å². The van der Waals surface area contributed by atoms with Crippen LogP contribution in [-0.4, -0.2) is 13.9 Å². The molecule has 6 aromatic rings. The van der Waals surface area contributed by atoms with Crippen molar-refractivity contribution in [1.29, 1.82) is 0 Å². The minimum Gasteiger partial charge on any atom is -0.508 e. The van der Waals surface area contributed by atoms with Crippen LogP contribution in [0.15, 0.2) is 98.5 Å². The van der Waals surface area contributed by atoms with E-state index in [1.54, 1.807) is 65.2 Å². The number of fused-ring (bicyclic) bond motifs is 2. The molecule has 2 aromatic heterocycles. The summed E-state index contributed by atoms with van der Waals surface area (Å²) in [5.41, 5.74) is 9.18. The van der Waals surface area contributed by atoms with Crippen molar-refractivity contribution >= 4 is 57.6 Å². The lowest BCUT2D eigenvalue weighted by molar-refractivity contribution is 0.475. The predicted molar refractivity (Wildman–Crippen MR) is 173 cm³/mol. The van der Waals surface area contributed by atoms with Gasteiger partial charge < -0.3 is 5.11 Å². The standard InChI is InChI=1S/C33H23FN2OS4/c1-17(2)33-39-31-27(23-13-10-21(16-24(23)34)19-8-11-22(37)12-9-19)29-30(36-41-35-29)28(32(31)40-33)26-15-14-25(38-26)20-6-4-18(3)5-7-20/h4-16,37H,1-3H3. The van der Waals surface area contributed by atoms with Gasteiger partial charge in [0, 0.05) is 40.5 Å². The molecule has 7 rings (SSSR count). The van der Waals surface area contributed by atoms with Crippen molar-refractivity contribution in [3.63, 3.8) is 0 Å². The van der Waals surface area contributed by atoms with E-state index < -0.39 is 0 Å². The molecule has 1 aliphatic rings. The molecular formula is C33H23FN2OS4. The molecule has 3 nitrogen and oxygen atoms in total. The van der Waals surface area contributed by atoms with Crippen molar-refractivity contribution in [2.24, 2.45) is 0 Å². The van der Waals surface area contributed by atoms with Gasteiger partial charge in [-0.2, -0.15) is 8.75 Å². The van der Waals surface area contributed by atoms with Crippen molar-refractivity contribution in [3.05, 3.63) is 100 Å². The van der Waals surface area contributed by atoms with Crippen LogP contribution in [0.1, 0.15) is 19.4 Å². The Hall–Kier alpha value is -3.43. The molecule has 0 saturated carbocycles. The molecule has 41 heavy (non-hydrogen) atoms. The quantitative estimate of drug-likeness (QED) is 0.215. The molecule has 4 aromatic carbocycles. The van der Waals surface area contributed by atoms with Gasteiger partial charge in [0.15, 0.2) is 0 Å². The highest BCUT2D eigenvalue weighted by atomic mass is 32.2. The summed E-state index contributed by atoms with van der Waals surface area (Å²) in [7, 11) is 0. The van der Waals surface area contributed by atoms with Crippen molar-refractivity contribution in [2.45, 2.75) is 30.6 Å². The Labute approximate surface area is 254 Å². The monoisotopic (exact) mass is 610 g/mol. The normalized spacial score (nSPS) is 12.7.